The van der Waals surface area contributed by atoms with Crippen LogP contribution in [0.5, 0.6) is 0 Å². The minimum atomic E-state index is -0.644. The van der Waals surface area contributed by atoms with Gasteiger partial charge in [0.15, 0.2) is 0 Å². The summed E-state index contributed by atoms with van der Waals surface area (Å²) in [5, 5.41) is 14.4. The molecule has 1 saturated heterocycles. The van der Waals surface area contributed by atoms with Gasteiger partial charge >= 0.3 is 0 Å². The van der Waals surface area contributed by atoms with E-state index in [9.17, 15) is 14.9 Å². The molecular weight excluding hydrogens is 381 g/mol. The van der Waals surface area contributed by atoms with Gasteiger partial charge in [-0.3, -0.25) is 14.9 Å². The number of ether oxygens (including phenoxy) is 1. The monoisotopic (exact) mass is 395 g/mol. The molecule has 1 amide bonds. The molecule has 1 heterocycles. The highest BCUT2D eigenvalue weighted by Crippen LogP contribution is 2.30. The van der Waals surface area contributed by atoms with Crippen molar-refractivity contribution in [2.24, 2.45) is 0 Å². The van der Waals surface area contributed by atoms with Gasteiger partial charge in [-0.15, -0.1) is 0 Å². The average molecular weight is 396 g/mol. The number of carbonyl (C=O) groups excluding carboxylic acids is 1. The van der Waals surface area contributed by atoms with Crippen LogP contribution in [-0.4, -0.2) is 37.1 Å². The fraction of sp³-hybridized carbons (Fsp3) is 0.235. The molecule has 0 aliphatic carbocycles. The molecule has 0 radical (unpaired) electrons. The van der Waals surface area contributed by atoms with Crippen LogP contribution in [0.25, 0.3) is 0 Å². The number of hydrogen-bond acceptors (Lipinski definition) is 5. The number of nitrogens with one attached hydrogen (secondary N) is 1. The van der Waals surface area contributed by atoms with Crippen molar-refractivity contribution < 1.29 is 14.5 Å². The van der Waals surface area contributed by atoms with Gasteiger partial charge in [-0.1, -0.05) is 23.2 Å². The quantitative estimate of drug-likeness (QED) is 0.624. The van der Waals surface area contributed by atoms with Crippen LogP contribution in [0.1, 0.15) is 10.4 Å². The summed E-state index contributed by atoms with van der Waals surface area (Å²) in [6.45, 7) is 2.74. The van der Waals surface area contributed by atoms with Crippen LogP contribution < -0.4 is 10.2 Å². The summed E-state index contributed by atoms with van der Waals surface area (Å²) in [4.78, 5) is 25.0. The summed E-state index contributed by atoms with van der Waals surface area (Å²) in [6.07, 6.45) is 0. The molecule has 1 N–H and O–H groups in total. The molecule has 7 nitrogen and oxygen atoms in total. The minimum Gasteiger partial charge on any atom is -0.378 e. The lowest BCUT2D eigenvalue weighted by Crippen LogP contribution is -2.36. The van der Waals surface area contributed by atoms with Crippen LogP contribution in [0.3, 0.4) is 0 Å². The summed E-state index contributed by atoms with van der Waals surface area (Å²) < 4.78 is 5.32. The Morgan fingerprint density at radius 1 is 1.15 bits per heavy atom. The fourth-order valence-electron chi connectivity index (χ4n) is 2.69. The molecular formula is C17H15Cl2N3O4. The number of hydrogen-bond donors (Lipinski definition) is 1. The second kappa shape index (κ2) is 7.90. The molecule has 1 aliphatic rings. The number of rotatable bonds is 4. The molecule has 0 aromatic heterocycles. The smallest absolute Gasteiger partial charge is 0.283 e. The summed E-state index contributed by atoms with van der Waals surface area (Å²) in [5.41, 5.74) is 0.866. The fourth-order valence-corrected chi connectivity index (χ4v) is 3.16. The zero-order valence-electron chi connectivity index (χ0n) is 13.6. The Morgan fingerprint density at radius 2 is 1.88 bits per heavy atom. The van der Waals surface area contributed by atoms with Gasteiger partial charge in [-0.25, -0.2) is 0 Å². The van der Waals surface area contributed by atoms with Gasteiger partial charge in [0.1, 0.15) is 5.56 Å². The van der Waals surface area contributed by atoms with Gasteiger partial charge in [0.2, 0.25) is 0 Å². The lowest BCUT2D eigenvalue weighted by molar-refractivity contribution is -0.385. The van der Waals surface area contributed by atoms with E-state index < -0.39 is 10.8 Å². The number of nitrogens with zero attached hydrogens (tertiary/aromatic N) is 2. The molecule has 0 saturated carbocycles. The van der Waals surface area contributed by atoms with Crippen molar-refractivity contribution in [3.05, 3.63) is 62.1 Å². The second-order valence-electron chi connectivity index (χ2n) is 5.64. The number of benzene rings is 2. The van der Waals surface area contributed by atoms with Gasteiger partial charge in [-0.2, -0.15) is 0 Å². The lowest BCUT2D eigenvalue weighted by atomic mass is 10.1. The molecule has 2 aromatic rings. The molecule has 2 aromatic carbocycles. The number of amides is 1. The minimum absolute atomic E-state index is 0.0761. The maximum Gasteiger partial charge on any atom is 0.283 e. The summed E-state index contributed by atoms with van der Waals surface area (Å²) in [7, 11) is 0. The standard InChI is InChI=1S/C17H15Cl2N3O4/c18-11-1-3-13(16(9-11)22(24)25)17(23)20-12-2-4-15(14(19)10-12)21-5-7-26-8-6-21/h1-4,9-10H,5-8H2,(H,20,23). The molecule has 3 rings (SSSR count). The number of halogens is 2. The van der Waals surface area contributed by atoms with Gasteiger partial charge < -0.3 is 15.0 Å². The molecule has 1 aliphatic heterocycles. The highest BCUT2D eigenvalue weighted by atomic mass is 35.5. The van der Waals surface area contributed by atoms with Gasteiger partial charge in [0.25, 0.3) is 11.6 Å². The lowest BCUT2D eigenvalue weighted by Gasteiger charge is -2.29. The van der Waals surface area contributed by atoms with E-state index in [1.54, 1.807) is 18.2 Å². The van der Waals surface area contributed by atoms with Gasteiger partial charge in [-0.05, 0) is 30.3 Å². The third-order valence-corrected chi connectivity index (χ3v) is 4.50. The van der Waals surface area contributed by atoms with E-state index in [0.29, 0.717) is 23.9 Å². The zero-order chi connectivity index (χ0) is 18.7. The van der Waals surface area contributed by atoms with Crippen LogP contribution in [-0.2, 0) is 4.74 Å². The van der Waals surface area contributed by atoms with E-state index in [-0.39, 0.29) is 16.3 Å². The molecule has 9 heteroatoms. The van der Waals surface area contributed by atoms with Crippen molar-refractivity contribution >= 4 is 46.2 Å². The number of carbonyl (C=O) groups is 1. The Kier molecular flexibility index (Phi) is 5.61. The summed E-state index contributed by atoms with van der Waals surface area (Å²) >= 11 is 12.1. The Bertz CT molecular complexity index is 854. The predicted octanol–water partition coefficient (Wildman–Crippen LogP) is 3.99. The maximum atomic E-state index is 12.4. The van der Waals surface area contributed by atoms with Crippen molar-refractivity contribution in [3.8, 4) is 0 Å². The molecule has 0 unspecified atom stereocenters. The van der Waals surface area contributed by atoms with Crippen LogP contribution in [0.2, 0.25) is 10.0 Å². The number of nitro benzene ring substituents is 1. The summed E-state index contributed by atoms with van der Waals surface area (Å²) in [5.74, 6) is -0.608. The highest BCUT2D eigenvalue weighted by Gasteiger charge is 2.21. The Hall–Kier alpha value is -2.35. The molecule has 0 bridgehead atoms. The Balaban J connectivity index is 1.80. The average Bonchev–Trinajstić information content (AvgIpc) is 2.62. The van der Waals surface area contributed by atoms with Crippen molar-refractivity contribution in [1.82, 2.24) is 0 Å². The first kappa shape index (κ1) is 18.4. The Morgan fingerprint density at radius 3 is 2.54 bits per heavy atom. The summed E-state index contributed by atoms with van der Waals surface area (Å²) in [6, 6.07) is 9.02. The molecule has 0 atom stereocenters. The van der Waals surface area contributed by atoms with Crippen molar-refractivity contribution in [1.29, 1.82) is 0 Å². The van der Waals surface area contributed by atoms with Crippen LogP contribution in [0.4, 0.5) is 17.1 Å². The van der Waals surface area contributed by atoms with Crippen LogP contribution in [0, 0.1) is 10.1 Å². The SMILES string of the molecule is O=C(Nc1ccc(N2CCOCC2)c(Cl)c1)c1ccc(Cl)cc1[N+](=O)[O-]. The first-order valence-corrected chi connectivity index (χ1v) is 8.59. The van der Waals surface area contributed by atoms with E-state index >= 15 is 0 Å². The van der Waals surface area contributed by atoms with Gasteiger partial charge in [0.05, 0.1) is 28.8 Å². The third-order valence-electron chi connectivity index (χ3n) is 3.96. The normalized spacial score (nSPS) is 14.2. The van der Waals surface area contributed by atoms with Crippen molar-refractivity contribution in [2.75, 3.05) is 36.5 Å². The van der Waals surface area contributed by atoms with Crippen molar-refractivity contribution in [2.45, 2.75) is 0 Å². The number of morpholine rings is 1. The van der Waals surface area contributed by atoms with Gasteiger partial charge in [0, 0.05) is 29.9 Å². The third kappa shape index (κ3) is 4.07. The largest absolute Gasteiger partial charge is 0.378 e. The van der Waals surface area contributed by atoms with E-state index in [2.05, 4.69) is 10.2 Å². The van der Waals surface area contributed by atoms with Crippen LogP contribution >= 0.6 is 23.2 Å². The topological polar surface area (TPSA) is 84.7 Å². The number of anilines is 2. The molecule has 136 valence electrons. The number of nitro groups is 1. The van der Waals surface area contributed by atoms with Crippen LogP contribution in [0.15, 0.2) is 36.4 Å². The van der Waals surface area contributed by atoms with E-state index in [1.807, 2.05) is 0 Å². The van der Waals surface area contributed by atoms with E-state index in [1.165, 1.54) is 12.1 Å². The van der Waals surface area contributed by atoms with E-state index in [4.69, 9.17) is 27.9 Å². The first-order chi connectivity index (χ1) is 12.5. The van der Waals surface area contributed by atoms with Crippen molar-refractivity contribution in [3.63, 3.8) is 0 Å². The molecule has 26 heavy (non-hydrogen) atoms. The molecule has 1 fully saturated rings. The molecule has 0 spiro atoms. The Labute approximate surface area is 159 Å². The predicted molar refractivity (Wildman–Crippen MR) is 101 cm³/mol. The zero-order valence-corrected chi connectivity index (χ0v) is 15.1. The maximum absolute atomic E-state index is 12.4. The highest BCUT2D eigenvalue weighted by molar-refractivity contribution is 6.33. The first-order valence-electron chi connectivity index (χ1n) is 7.83. The van der Waals surface area contributed by atoms with E-state index in [0.717, 1.165) is 24.8 Å². The second-order valence-corrected chi connectivity index (χ2v) is 6.48.